The highest BCUT2D eigenvalue weighted by atomic mass is 16.3. The molecule has 4 aliphatic carbocycles. The molecule has 4 fully saturated rings. The normalized spacial score (nSPS) is 66.0. The van der Waals surface area contributed by atoms with Crippen LogP contribution in [0.25, 0.3) is 0 Å². The lowest BCUT2D eigenvalue weighted by molar-refractivity contribution is -0.0303. The molecule has 1 heteroatoms. The Morgan fingerprint density at radius 1 is 1.09 bits per heavy atom. The second kappa shape index (κ2) is 1.52. The molecular weight excluding hydrogens is 136 g/mol. The van der Waals surface area contributed by atoms with E-state index in [1.165, 1.54) is 19.3 Å². The van der Waals surface area contributed by atoms with Crippen LogP contribution in [0.3, 0.4) is 0 Å². The summed E-state index contributed by atoms with van der Waals surface area (Å²) in [7, 11) is 0. The Morgan fingerprint density at radius 2 is 1.64 bits per heavy atom. The van der Waals surface area contributed by atoms with Crippen molar-refractivity contribution in [1.29, 1.82) is 0 Å². The van der Waals surface area contributed by atoms with E-state index in [-0.39, 0.29) is 5.60 Å². The van der Waals surface area contributed by atoms with Gasteiger partial charge in [0.2, 0.25) is 0 Å². The minimum absolute atomic E-state index is 0.236. The molecule has 2 atom stereocenters. The van der Waals surface area contributed by atoms with Gasteiger partial charge in [0.25, 0.3) is 0 Å². The fourth-order valence-electron chi connectivity index (χ4n) is 4.22. The molecule has 4 saturated carbocycles. The fourth-order valence-corrected chi connectivity index (χ4v) is 4.22. The van der Waals surface area contributed by atoms with Gasteiger partial charge in [-0.25, -0.2) is 0 Å². The molecule has 0 radical (unpaired) electrons. The summed E-state index contributed by atoms with van der Waals surface area (Å²) in [5.41, 5.74) is 0.0845. The van der Waals surface area contributed by atoms with E-state index in [1.807, 2.05) is 0 Å². The van der Waals surface area contributed by atoms with Crippen LogP contribution in [0.5, 0.6) is 0 Å². The first-order valence-electron chi connectivity index (χ1n) is 4.84. The summed E-state index contributed by atoms with van der Waals surface area (Å²) in [6.07, 6.45) is 6.25. The highest BCUT2D eigenvalue weighted by Gasteiger charge is 2.63. The molecule has 0 aromatic carbocycles. The number of aliphatic hydroxyl groups is 1. The third-order valence-electron chi connectivity index (χ3n) is 4.52. The first-order chi connectivity index (χ1) is 5.11. The van der Waals surface area contributed by atoms with Crippen LogP contribution in [-0.2, 0) is 0 Å². The van der Waals surface area contributed by atoms with E-state index >= 15 is 0 Å². The molecule has 62 valence electrons. The van der Waals surface area contributed by atoms with Crippen molar-refractivity contribution in [3.8, 4) is 0 Å². The van der Waals surface area contributed by atoms with Crippen LogP contribution in [0.15, 0.2) is 0 Å². The van der Waals surface area contributed by atoms with Crippen LogP contribution >= 0.6 is 0 Å². The summed E-state index contributed by atoms with van der Waals surface area (Å²) < 4.78 is 0. The van der Waals surface area contributed by atoms with E-state index in [0.717, 1.165) is 24.7 Å². The van der Waals surface area contributed by atoms with Gasteiger partial charge in [0, 0.05) is 0 Å². The molecule has 0 aliphatic heterocycles. The smallest absolute Gasteiger partial charge is 0.0706 e. The van der Waals surface area contributed by atoms with E-state index in [9.17, 15) is 5.11 Å². The van der Waals surface area contributed by atoms with Crippen LogP contribution in [0.1, 0.15) is 39.0 Å². The minimum atomic E-state index is -0.236. The average Bonchev–Trinajstić information content (AvgIpc) is 2.07. The summed E-state index contributed by atoms with van der Waals surface area (Å²) >= 11 is 0. The van der Waals surface area contributed by atoms with Crippen molar-refractivity contribution in [3.05, 3.63) is 0 Å². The Balaban J connectivity index is 2.10. The lowest BCUT2D eigenvalue weighted by Crippen LogP contribution is -2.36. The molecule has 0 spiro atoms. The third kappa shape index (κ3) is 0.581. The Morgan fingerprint density at radius 3 is 2.00 bits per heavy atom. The molecule has 0 saturated heterocycles. The molecule has 2 unspecified atom stereocenters. The van der Waals surface area contributed by atoms with Gasteiger partial charge in [-0.05, 0) is 49.4 Å². The van der Waals surface area contributed by atoms with Gasteiger partial charge < -0.3 is 5.11 Å². The standard InChI is InChI=1S/C10H16O/c1-9-3-7-2-8(4-9)6-10(9,11)5-7/h7-8,11H,2-6H2,1H3. The van der Waals surface area contributed by atoms with Gasteiger partial charge in [-0.1, -0.05) is 6.92 Å². The van der Waals surface area contributed by atoms with E-state index in [1.54, 1.807) is 0 Å². The second-order valence-corrected chi connectivity index (χ2v) is 5.38. The maximum atomic E-state index is 10.3. The molecule has 4 bridgehead atoms. The third-order valence-corrected chi connectivity index (χ3v) is 4.52. The molecule has 4 aliphatic rings. The molecule has 1 N–H and O–H groups in total. The van der Waals surface area contributed by atoms with Crippen molar-refractivity contribution in [2.45, 2.75) is 44.6 Å². The van der Waals surface area contributed by atoms with Crippen LogP contribution < -0.4 is 0 Å². The van der Waals surface area contributed by atoms with Crippen molar-refractivity contribution >= 4 is 0 Å². The predicted octanol–water partition coefficient (Wildman–Crippen LogP) is 1.95. The van der Waals surface area contributed by atoms with Crippen molar-refractivity contribution in [2.75, 3.05) is 0 Å². The Labute approximate surface area is 67.8 Å². The molecular formula is C10H16O. The van der Waals surface area contributed by atoms with E-state index in [2.05, 4.69) is 6.92 Å². The molecule has 0 heterocycles. The highest BCUT2D eigenvalue weighted by molar-refractivity contribution is 5.14. The topological polar surface area (TPSA) is 20.2 Å². The maximum absolute atomic E-state index is 10.3. The van der Waals surface area contributed by atoms with Crippen molar-refractivity contribution < 1.29 is 5.11 Å². The van der Waals surface area contributed by atoms with Crippen molar-refractivity contribution in [1.82, 2.24) is 0 Å². The quantitative estimate of drug-likeness (QED) is 0.562. The summed E-state index contributed by atoms with van der Waals surface area (Å²) in [5, 5.41) is 10.3. The van der Waals surface area contributed by atoms with Gasteiger partial charge in [-0.15, -0.1) is 0 Å². The van der Waals surface area contributed by atoms with Gasteiger partial charge in [-0.3, -0.25) is 0 Å². The number of hydrogen-bond donors (Lipinski definition) is 1. The van der Waals surface area contributed by atoms with Crippen LogP contribution in [0, 0.1) is 17.3 Å². The largest absolute Gasteiger partial charge is 0.389 e. The zero-order valence-corrected chi connectivity index (χ0v) is 7.14. The first kappa shape index (κ1) is 6.47. The summed E-state index contributed by atoms with van der Waals surface area (Å²) in [6.45, 7) is 2.30. The highest BCUT2D eigenvalue weighted by Crippen LogP contribution is 2.67. The first-order valence-corrected chi connectivity index (χ1v) is 4.84. The summed E-state index contributed by atoms with van der Waals surface area (Å²) in [6, 6.07) is 0. The van der Waals surface area contributed by atoms with Gasteiger partial charge in [0.05, 0.1) is 5.60 Å². The summed E-state index contributed by atoms with van der Waals surface area (Å²) in [5.74, 6) is 1.75. The zero-order chi connectivity index (χ0) is 7.69. The van der Waals surface area contributed by atoms with Gasteiger partial charge >= 0.3 is 0 Å². The number of hydrogen-bond acceptors (Lipinski definition) is 1. The van der Waals surface area contributed by atoms with Gasteiger partial charge in [-0.2, -0.15) is 0 Å². The minimum Gasteiger partial charge on any atom is -0.389 e. The van der Waals surface area contributed by atoms with Crippen molar-refractivity contribution in [2.24, 2.45) is 17.3 Å². The van der Waals surface area contributed by atoms with Crippen LogP contribution in [0.4, 0.5) is 0 Å². The zero-order valence-electron chi connectivity index (χ0n) is 7.14. The molecule has 0 aromatic rings. The van der Waals surface area contributed by atoms with Crippen LogP contribution in [-0.4, -0.2) is 10.7 Å². The Kier molecular flexibility index (Phi) is 0.893. The SMILES string of the molecule is CC12CC3CC(C1)CC2(O)C3. The van der Waals surface area contributed by atoms with Gasteiger partial charge in [0.15, 0.2) is 0 Å². The number of rotatable bonds is 0. The van der Waals surface area contributed by atoms with E-state index < -0.39 is 0 Å². The Hall–Kier alpha value is -0.0400. The lowest BCUT2D eigenvalue weighted by atomic mass is 9.76. The van der Waals surface area contributed by atoms with Crippen molar-refractivity contribution in [3.63, 3.8) is 0 Å². The Bertz CT molecular complexity index is 175. The molecule has 0 amide bonds. The van der Waals surface area contributed by atoms with Gasteiger partial charge in [0.1, 0.15) is 0 Å². The monoisotopic (exact) mass is 152 g/mol. The summed E-state index contributed by atoms with van der Waals surface area (Å²) in [4.78, 5) is 0. The fraction of sp³-hybridized carbons (Fsp3) is 1.00. The molecule has 11 heavy (non-hydrogen) atoms. The van der Waals surface area contributed by atoms with E-state index in [0.29, 0.717) is 5.41 Å². The molecule has 0 aromatic heterocycles. The van der Waals surface area contributed by atoms with Crippen LogP contribution in [0.2, 0.25) is 0 Å². The molecule has 4 rings (SSSR count). The maximum Gasteiger partial charge on any atom is 0.0706 e. The average molecular weight is 152 g/mol. The lowest BCUT2D eigenvalue weighted by Gasteiger charge is -2.32. The molecule has 1 nitrogen and oxygen atoms in total. The van der Waals surface area contributed by atoms with E-state index in [4.69, 9.17) is 0 Å². The predicted molar refractivity (Wildman–Crippen MR) is 43.1 cm³/mol. The second-order valence-electron chi connectivity index (χ2n) is 5.38.